The van der Waals surface area contributed by atoms with Crippen LogP contribution in [-0.2, 0) is 9.59 Å². The molecule has 0 saturated carbocycles. The lowest BCUT2D eigenvalue weighted by atomic mass is 10.2. The number of hydrogen-bond donors (Lipinski definition) is 3. The molecule has 3 aromatic rings. The summed E-state index contributed by atoms with van der Waals surface area (Å²) in [5.41, 5.74) is 2.29. The molecule has 1 aromatic heterocycles. The van der Waals surface area contributed by atoms with Gasteiger partial charge in [0.2, 0.25) is 11.8 Å². The molecule has 0 atom stereocenters. The summed E-state index contributed by atoms with van der Waals surface area (Å²) < 4.78 is 5.76. The molecule has 0 aliphatic carbocycles. The highest BCUT2D eigenvalue weighted by molar-refractivity contribution is 6.08. The highest BCUT2D eigenvalue weighted by Gasteiger charge is 2.12. The number of aryl methyl sites for hydroxylation is 1. The van der Waals surface area contributed by atoms with Gasteiger partial charge >= 0.3 is 0 Å². The zero-order valence-electron chi connectivity index (χ0n) is 17.1. The third-order valence-electron chi connectivity index (χ3n) is 4.28. The first-order chi connectivity index (χ1) is 14.9. The van der Waals surface area contributed by atoms with Gasteiger partial charge in [-0.25, -0.2) is 0 Å². The molecule has 3 amide bonds. The van der Waals surface area contributed by atoms with Crippen LogP contribution in [0.4, 0.5) is 11.4 Å². The number of benzene rings is 2. The maximum Gasteiger partial charge on any atom is 0.269 e. The van der Waals surface area contributed by atoms with E-state index in [2.05, 4.69) is 20.9 Å². The molecule has 0 saturated heterocycles. The molecule has 0 bridgehead atoms. The molecule has 0 aliphatic heterocycles. The molecule has 0 fully saturated rings. The summed E-state index contributed by atoms with van der Waals surface area (Å²) in [4.78, 5) is 40.1. The summed E-state index contributed by atoms with van der Waals surface area (Å²) in [5.74, 6) is -0.298. The van der Waals surface area contributed by atoms with Crippen LogP contribution in [0, 0.1) is 6.92 Å². The minimum Gasteiger partial charge on any atom is -0.457 e. The van der Waals surface area contributed by atoms with E-state index in [1.54, 1.807) is 36.4 Å². The molecule has 0 aliphatic rings. The van der Waals surface area contributed by atoms with Crippen molar-refractivity contribution in [2.45, 2.75) is 13.3 Å². The number of para-hydroxylation sites is 1. The van der Waals surface area contributed by atoms with Crippen molar-refractivity contribution in [1.82, 2.24) is 10.3 Å². The van der Waals surface area contributed by atoms with E-state index in [-0.39, 0.29) is 18.0 Å². The number of rotatable bonds is 7. The number of carbonyl (C=O) groups excluding carboxylic acids is 3. The molecule has 3 N–H and O–H groups in total. The number of anilines is 2. The highest BCUT2D eigenvalue weighted by Crippen LogP contribution is 2.24. The summed E-state index contributed by atoms with van der Waals surface area (Å²) in [6.07, 6.45) is 1.15. The third-order valence-corrected chi connectivity index (χ3v) is 4.28. The van der Waals surface area contributed by atoms with E-state index in [1.165, 1.54) is 19.3 Å². The Bertz CT molecular complexity index is 1110. The molecule has 31 heavy (non-hydrogen) atoms. The van der Waals surface area contributed by atoms with Crippen molar-refractivity contribution in [3.63, 3.8) is 0 Å². The van der Waals surface area contributed by atoms with Gasteiger partial charge in [-0.3, -0.25) is 19.4 Å². The van der Waals surface area contributed by atoms with E-state index >= 15 is 0 Å². The number of hydrogen-bond acceptors (Lipinski definition) is 5. The minimum absolute atomic E-state index is 0.226. The lowest BCUT2D eigenvalue weighted by Gasteiger charge is -2.10. The highest BCUT2D eigenvalue weighted by atomic mass is 16.5. The van der Waals surface area contributed by atoms with E-state index in [9.17, 15) is 14.4 Å². The molecule has 0 unspecified atom stereocenters. The van der Waals surface area contributed by atoms with E-state index in [4.69, 9.17) is 4.74 Å². The Balaban J connectivity index is 1.60. The Morgan fingerprint density at radius 2 is 1.65 bits per heavy atom. The summed E-state index contributed by atoms with van der Waals surface area (Å²) in [6.45, 7) is 1.88. The molecule has 8 heteroatoms. The van der Waals surface area contributed by atoms with E-state index in [0.29, 0.717) is 22.9 Å². The molecule has 3 rings (SSSR count). The van der Waals surface area contributed by atoms with Crippen LogP contribution in [0.15, 0.2) is 66.9 Å². The average Bonchev–Trinajstić information content (AvgIpc) is 2.75. The van der Waals surface area contributed by atoms with Crippen LogP contribution in [0.5, 0.6) is 11.5 Å². The number of nitrogens with one attached hydrogen (secondary N) is 3. The Hall–Kier alpha value is -4.20. The first kappa shape index (κ1) is 21.5. The Morgan fingerprint density at radius 1 is 0.903 bits per heavy atom. The molecule has 1 heterocycles. The Morgan fingerprint density at radius 3 is 2.42 bits per heavy atom. The molecular weight excluding hydrogens is 396 g/mol. The van der Waals surface area contributed by atoms with Crippen molar-refractivity contribution in [1.29, 1.82) is 0 Å². The van der Waals surface area contributed by atoms with Gasteiger partial charge in [0.1, 0.15) is 23.6 Å². The first-order valence-corrected chi connectivity index (χ1v) is 9.56. The lowest BCUT2D eigenvalue weighted by molar-refractivity contribution is -0.123. The van der Waals surface area contributed by atoms with Gasteiger partial charge in [0.25, 0.3) is 5.91 Å². The molecule has 158 valence electrons. The van der Waals surface area contributed by atoms with Crippen LogP contribution in [-0.4, -0.2) is 29.8 Å². The Kier molecular flexibility index (Phi) is 6.95. The number of ether oxygens (including phenoxy) is 1. The quantitative estimate of drug-likeness (QED) is 0.509. The normalized spacial score (nSPS) is 10.1. The van der Waals surface area contributed by atoms with Crippen molar-refractivity contribution in [2.24, 2.45) is 0 Å². The van der Waals surface area contributed by atoms with Crippen LogP contribution >= 0.6 is 0 Å². The molecule has 0 spiro atoms. The van der Waals surface area contributed by atoms with Crippen LogP contribution in [0.3, 0.4) is 0 Å². The van der Waals surface area contributed by atoms with Crippen LogP contribution in [0.1, 0.15) is 22.5 Å². The largest absolute Gasteiger partial charge is 0.457 e. The molecule has 2 aromatic carbocycles. The summed E-state index contributed by atoms with van der Waals surface area (Å²) in [7, 11) is 1.52. The van der Waals surface area contributed by atoms with E-state index < -0.39 is 11.8 Å². The summed E-state index contributed by atoms with van der Waals surface area (Å²) in [5, 5.41) is 7.91. The Labute approximate surface area is 179 Å². The second-order valence-electron chi connectivity index (χ2n) is 6.67. The van der Waals surface area contributed by atoms with Crippen LogP contribution < -0.4 is 20.7 Å². The van der Waals surface area contributed by atoms with E-state index in [1.807, 2.05) is 25.1 Å². The van der Waals surface area contributed by atoms with Gasteiger partial charge in [-0.05, 0) is 36.8 Å². The summed E-state index contributed by atoms with van der Waals surface area (Å²) >= 11 is 0. The third kappa shape index (κ3) is 6.14. The second kappa shape index (κ2) is 10.0. The van der Waals surface area contributed by atoms with Gasteiger partial charge in [0.05, 0.1) is 0 Å². The van der Waals surface area contributed by atoms with Crippen LogP contribution in [0.25, 0.3) is 0 Å². The lowest BCUT2D eigenvalue weighted by Crippen LogP contribution is -2.21. The average molecular weight is 418 g/mol. The molecular formula is C23H22N4O4. The van der Waals surface area contributed by atoms with Crippen molar-refractivity contribution in [2.75, 3.05) is 17.7 Å². The molecule has 8 nitrogen and oxygen atoms in total. The SMILES string of the molecule is CNC(=O)c1cc(Oc2cccc(NC(=O)CC(=O)Nc3ccccc3C)c2)ccn1. The monoisotopic (exact) mass is 418 g/mol. The van der Waals surface area contributed by atoms with Crippen molar-refractivity contribution in [3.05, 3.63) is 78.1 Å². The number of carbonyl (C=O) groups is 3. The number of amides is 3. The second-order valence-corrected chi connectivity index (χ2v) is 6.67. The van der Waals surface area contributed by atoms with E-state index in [0.717, 1.165) is 5.56 Å². The zero-order valence-corrected chi connectivity index (χ0v) is 17.1. The van der Waals surface area contributed by atoms with Gasteiger partial charge in [-0.1, -0.05) is 24.3 Å². The zero-order chi connectivity index (χ0) is 22.2. The topological polar surface area (TPSA) is 109 Å². The fourth-order valence-electron chi connectivity index (χ4n) is 2.76. The number of nitrogens with zero attached hydrogens (tertiary/aromatic N) is 1. The fraction of sp³-hybridized carbons (Fsp3) is 0.130. The first-order valence-electron chi connectivity index (χ1n) is 9.56. The van der Waals surface area contributed by atoms with Gasteiger partial charge < -0.3 is 20.7 Å². The maximum absolute atomic E-state index is 12.3. The van der Waals surface area contributed by atoms with Gasteiger partial charge in [-0.15, -0.1) is 0 Å². The van der Waals surface area contributed by atoms with Gasteiger partial charge in [-0.2, -0.15) is 0 Å². The summed E-state index contributed by atoms with van der Waals surface area (Å²) in [6, 6.07) is 17.2. The molecule has 0 radical (unpaired) electrons. The number of aromatic nitrogens is 1. The van der Waals surface area contributed by atoms with Crippen molar-refractivity contribution >= 4 is 29.1 Å². The standard InChI is InChI=1S/C23H22N4O4/c1-15-6-3-4-9-19(15)27-22(29)14-21(28)26-16-7-5-8-17(12-16)31-18-10-11-25-20(13-18)23(30)24-2/h3-13H,14H2,1-2H3,(H,24,30)(H,26,28)(H,27,29). The van der Waals surface area contributed by atoms with Crippen LogP contribution in [0.2, 0.25) is 0 Å². The van der Waals surface area contributed by atoms with Crippen molar-refractivity contribution in [3.8, 4) is 11.5 Å². The predicted octanol–water partition coefficient (Wildman–Crippen LogP) is 3.51. The smallest absolute Gasteiger partial charge is 0.269 e. The van der Waals surface area contributed by atoms with Gasteiger partial charge in [0, 0.05) is 36.8 Å². The predicted molar refractivity (Wildman–Crippen MR) is 117 cm³/mol. The van der Waals surface area contributed by atoms with Gasteiger partial charge in [0.15, 0.2) is 0 Å². The maximum atomic E-state index is 12.3. The van der Waals surface area contributed by atoms with Crippen molar-refractivity contribution < 1.29 is 19.1 Å². The minimum atomic E-state index is -0.450. The fourth-order valence-corrected chi connectivity index (χ4v) is 2.76. The number of pyridine rings is 1.